The Hall–Kier alpha value is -1.72. The van der Waals surface area contributed by atoms with Crippen LogP contribution in [0, 0.1) is 5.82 Å². The van der Waals surface area contributed by atoms with Crippen molar-refractivity contribution in [2.75, 3.05) is 13.4 Å². The van der Waals surface area contributed by atoms with Crippen molar-refractivity contribution in [3.05, 3.63) is 41.7 Å². The summed E-state index contributed by atoms with van der Waals surface area (Å²) in [4.78, 5) is 11.2. The molecule has 0 fully saturated rings. The van der Waals surface area contributed by atoms with E-state index in [1.807, 2.05) is 0 Å². The number of halogens is 1. The average Bonchev–Trinajstić information content (AvgIpc) is 2.48. The molecule has 2 rings (SSSR count). The zero-order valence-electron chi connectivity index (χ0n) is 13.2. The van der Waals surface area contributed by atoms with Crippen LogP contribution in [0.15, 0.2) is 30.3 Å². The molecule has 0 aliphatic carbocycles. The molecule has 2 aromatic rings. The standard InChI is InChI=1S/C17H21FO3Si/c1-22(2,3)9-8-20-12-21-16-10-13(11-19)14-6-4-5-7-15(14)17(16)18/h4-7,10-11H,8-9,12H2,1-3H3. The molecule has 0 spiro atoms. The molecule has 0 bridgehead atoms. The van der Waals surface area contributed by atoms with Crippen LogP contribution >= 0.6 is 0 Å². The first-order valence-corrected chi connectivity index (χ1v) is 11.0. The molecule has 0 saturated heterocycles. The molecule has 2 aromatic carbocycles. The van der Waals surface area contributed by atoms with Gasteiger partial charge in [0, 0.05) is 25.6 Å². The predicted molar refractivity (Wildman–Crippen MR) is 88.9 cm³/mol. The number of benzene rings is 2. The van der Waals surface area contributed by atoms with Crippen molar-refractivity contribution < 1.29 is 18.7 Å². The molecule has 3 nitrogen and oxygen atoms in total. The summed E-state index contributed by atoms with van der Waals surface area (Å²) in [5.74, 6) is -0.413. The fourth-order valence-corrected chi connectivity index (χ4v) is 2.84. The maximum Gasteiger partial charge on any atom is 0.189 e. The number of carbonyl (C=O) groups is 1. The smallest absolute Gasteiger partial charge is 0.189 e. The highest BCUT2D eigenvalue weighted by atomic mass is 28.3. The lowest BCUT2D eigenvalue weighted by molar-refractivity contribution is 0.0199. The number of carbonyl (C=O) groups excluding carboxylic acids is 1. The third-order valence-corrected chi connectivity index (χ3v) is 5.10. The number of aldehydes is 1. The van der Waals surface area contributed by atoms with E-state index in [2.05, 4.69) is 19.6 Å². The van der Waals surface area contributed by atoms with Crippen LogP contribution in [0.5, 0.6) is 5.75 Å². The van der Waals surface area contributed by atoms with Crippen molar-refractivity contribution >= 4 is 25.1 Å². The minimum atomic E-state index is -1.15. The second kappa shape index (κ2) is 7.02. The van der Waals surface area contributed by atoms with Gasteiger partial charge in [-0.15, -0.1) is 0 Å². The summed E-state index contributed by atoms with van der Waals surface area (Å²) < 4.78 is 25.2. The third kappa shape index (κ3) is 4.15. The Kier molecular flexibility index (Phi) is 5.31. The Morgan fingerprint density at radius 2 is 1.86 bits per heavy atom. The van der Waals surface area contributed by atoms with Crippen LogP contribution < -0.4 is 4.74 Å². The van der Waals surface area contributed by atoms with Gasteiger partial charge in [-0.1, -0.05) is 43.9 Å². The molecular formula is C17H21FO3Si. The van der Waals surface area contributed by atoms with Gasteiger partial charge >= 0.3 is 0 Å². The normalized spacial score (nSPS) is 11.6. The van der Waals surface area contributed by atoms with Gasteiger partial charge in [0.05, 0.1) is 0 Å². The van der Waals surface area contributed by atoms with E-state index >= 15 is 0 Å². The average molecular weight is 320 g/mol. The Morgan fingerprint density at radius 1 is 1.18 bits per heavy atom. The summed E-state index contributed by atoms with van der Waals surface area (Å²) in [7, 11) is -1.15. The van der Waals surface area contributed by atoms with Crippen molar-refractivity contribution in [3.63, 3.8) is 0 Å². The van der Waals surface area contributed by atoms with Crippen molar-refractivity contribution in [3.8, 4) is 5.75 Å². The first-order chi connectivity index (χ1) is 10.4. The summed E-state index contributed by atoms with van der Waals surface area (Å²) in [5.41, 5.74) is 0.411. The van der Waals surface area contributed by atoms with Gasteiger partial charge in [0.15, 0.2) is 24.6 Å². The highest BCUT2D eigenvalue weighted by Gasteiger charge is 2.14. The first-order valence-electron chi connectivity index (χ1n) is 7.29. The Balaban J connectivity index is 2.08. The van der Waals surface area contributed by atoms with E-state index < -0.39 is 13.9 Å². The molecular weight excluding hydrogens is 299 g/mol. The van der Waals surface area contributed by atoms with Crippen LogP contribution in [-0.4, -0.2) is 27.8 Å². The largest absolute Gasteiger partial charge is 0.464 e. The lowest BCUT2D eigenvalue weighted by Crippen LogP contribution is -2.22. The Morgan fingerprint density at radius 3 is 2.50 bits per heavy atom. The maximum atomic E-state index is 14.4. The fraction of sp³-hybridized carbons (Fsp3) is 0.353. The van der Waals surface area contributed by atoms with E-state index in [0.717, 1.165) is 6.04 Å². The van der Waals surface area contributed by atoms with Gasteiger partial charge < -0.3 is 9.47 Å². The third-order valence-electron chi connectivity index (χ3n) is 3.40. The van der Waals surface area contributed by atoms with Crippen molar-refractivity contribution in [1.82, 2.24) is 0 Å². The molecule has 0 atom stereocenters. The van der Waals surface area contributed by atoms with Gasteiger partial charge in [0.1, 0.15) is 0 Å². The van der Waals surface area contributed by atoms with E-state index in [0.29, 0.717) is 29.2 Å². The predicted octanol–water partition coefficient (Wildman–Crippen LogP) is 4.48. The molecule has 0 saturated carbocycles. The highest BCUT2D eigenvalue weighted by Crippen LogP contribution is 2.29. The van der Waals surface area contributed by atoms with Crippen LogP contribution in [0.25, 0.3) is 10.8 Å². The molecule has 0 N–H and O–H groups in total. The zero-order valence-corrected chi connectivity index (χ0v) is 14.2. The van der Waals surface area contributed by atoms with Gasteiger partial charge in [-0.05, 0) is 17.5 Å². The molecule has 5 heteroatoms. The molecule has 0 radical (unpaired) electrons. The van der Waals surface area contributed by atoms with E-state index in [-0.39, 0.29) is 12.5 Å². The fourth-order valence-electron chi connectivity index (χ4n) is 2.09. The molecule has 0 aliphatic rings. The van der Waals surface area contributed by atoms with E-state index in [1.165, 1.54) is 6.07 Å². The van der Waals surface area contributed by atoms with E-state index in [4.69, 9.17) is 9.47 Å². The van der Waals surface area contributed by atoms with Crippen molar-refractivity contribution in [2.24, 2.45) is 0 Å². The molecule has 0 heterocycles. The SMILES string of the molecule is C[Si](C)(C)CCOCOc1cc(C=O)c2ccccc2c1F. The number of hydrogen-bond acceptors (Lipinski definition) is 3. The summed E-state index contributed by atoms with van der Waals surface area (Å²) in [6, 6.07) is 9.30. The topological polar surface area (TPSA) is 35.5 Å². The molecule has 0 amide bonds. The van der Waals surface area contributed by atoms with Crippen LogP contribution in [0.3, 0.4) is 0 Å². The molecule has 118 valence electrons. The molecule has 0 unspecified atom stereocenters. The van der Waals surface area contributed by atoms with Crippen LogP contribution in [0.1, 0.15) is 10.4 Å². The Labute approximate surface area is 131 Å². The quantitative estimate of drug-likeness (QED) is 0.326. The second-order valence-electron chi connectivity index (χ2n) is 6.42. The molecule has 0 aliphatic heterocycles. The van der Waals surface area contributed by atoms with Gasteiger partial charge in [0.2, 0.25) is 0 Å². The molecule has 22 heavy (non-hydrogen) atoms. The number of rotatable bonds is 7. The summed E-state index contributed by atoms with van der Waals surface area (Å²) in [6.45, 7) is 7.37. The Bertz CT molecular complexity index is 665. The van der Waals surface area contributed by atoms with Gasteiger partial charge in [-0.3, -0.25) is 4.79 Å². The monoisotopic (exact) mass is 320 g/mol. The summed E-state index contributed by atoms with van der Waals surface area (Å²) in [5, 5.41) is 0.964. The van der Waals surface area contributed by atoms with Crippen molar-refractivity contribution in [1.29, 1.82) is 0 Å². The van der Waals surface area contributed by atoms with E-state index in [9.17, 15) is 9.18 Å². The van der Waals surface area contributed by atoms with Gasteiger partial charge in [-0.25, -0.2) is 4.39 Å². The summed E-state index contributed by atoms with van der Waals surface area (Å²) in [6.07, 6.45) is 0.709. The minimum Gasteiger partial charge on any atom is -0.464 e. The van der Waals surface area contributed by atoms with Gasteiger partial charge in [-0.2, -0.15) is 0 Å². The van der Waals surface area contributed by atoms with E-state index in [1.54, 1.807) is 24.3 Å². The highest BCUT2D eigenvalue weighted by molar-refractivity contribution is 6.76. The van der Waals surface area contributed by atoms with Crippen molar-refractivity contribution in [2.45, 2.75) is 25.7 Å². The number of fused-ring (bicyclic) bond motifs is 1. The number of hydrogen-bond donors (Lipinski definition) is 0. The van der Waals surface area contributed by atoms with Crippen LogP contribution in [0.4, 0.5) is 4.39 Å². The van der Waals surface area contributed by atoms with Crippen LogP contribution in [0.2, 0.25) is 25.7 Å². The minimum absolute atomic E-state index is 0.0158. The summed E-state index contributed by atoms with van der Waals surface area (Å²) >= 11 is 0. The number of ether oxygens (including phenoxy) is 2. The molecule has 0 aromatic heterocycles. The first kappa shape index (κ1) is 16.6. The lowest BCUT2D eigenvalue weighted by atomic mass is 10.0. The van der Waals surface area contributed by atoms with Gasteiger partial charge in [0.25, 0.3) is 0 Å². The maximum absolute atomic E-state index is 14.4. The second-order valence-corrected chi connectivity index (χ2v) is 12.0. The lowest BCUT2D eigenvalue weighted by Gasteiger charge is -2.16. The van der Waals surface area contributed by atoms with Crippen LogP contribution in [-0.2, 0) is 4.74 Å². The zero-order chi connectivity index (χ0) is 16.2.